The molecule has 2 N–H and O–H groups in total. The van der Waals surface area contributed by atoms with Crippen molar-refractivity contribution in [3.63, 3.8) is 0 Å². The minimum absolute atomic E-state index is 0.120. The molecule has 4 aliphatic heterocycles. The highest BCUT2D eigenvalue weighted by molar-refractivity contribution is 6.31. The molecule has 1 aromatic heterocycles. The Kier molecular flexibility index (Phi) is 5.88. The van der Waals surface area contributed by atoms with Gasteiger partial charge in [-0.25, -0.2) is 4.39 Å². The van der Waals surface area contributed by atoms with Crippen molar-refractivity contribution < 1.29 is 13.9 Å². The van der Waals surface area contributed by atoms with Gasteiger partial charge in [-0.3, -0.25) is 4.90 Å². The first-order valence-corrected chi connectivity index (χ1v) is 14.2. The van der Waals surface area contributed by atoms with Gasteiger partial charge in [0.25, 0.3) is 0 Å². The first-order chi connectivity index (χ1) is 17.9. The summed E-state index contributed by atoms with van der Waals surface area (Å²) in [7, 11) is 0. The quantitative estimate of drug-likeness (QED) is 0.645. The molecule has 198 valence electrons. The van der Waals surface area contributed by atoms with Gasteiger partial charge in [-0.1, -0.05) is 23.7 Å². The molecule has 0 radical (unpaired) electrons. The first kappa shape index (κ1) is 24.1. The lowest BCUT2D eigenvalue weighted by molar-refractivity contribution is -0.0730. The average molecular weight is 528 g/mol. The van der Waals surface area contributed by atoms with Crippen molar-refractivity contribution in [1.82, 2.24) is 14.9 Å². The highest BCUT2D eigenvalue weighted by atomic mass is 35.5. The number of hydrogen-bond donors (Lipinski definition) is 1. The minimum atomic E-state index is -0.787. The van der Waals surface area contributed by atoms with Gasteiger partial charge in [0, 0.05) is 49.1 Å². The van der Waals surface area contributed by atoms with Crippen LogP contribution in [0.3, 0.4) is 0 Å². The molecule has 1 aliphatic carbocycles. The third-order valence-corrected chi connectivity index (χ3v) is 9.73. The zero-order valence-corrected chi connectivity index (χ0v) is 22.0. The van der Waals surface area contributed by atoms with E-state index in [2.05, 4.69) is 15.9 Å². The van der Waals surface area contributed by atoms with Gasteiger partial charge in [-0.2, -0.15) is 9.97 Å². The largest absolute Gasteiger partial charge is 0.461 e. The Bertz CT molecular complexity index is 1220. The van der Waals surface area contributed by atoms with Gasteiger partial charge in [0.1, 0.15) is 18.6 Å². The molecule has 5 heterocycles. The van der Waals surface area contributed by atoms with E-state index in [1.54, 1.807) is 0 Å². The van der Waals surface area contributed by atoms with Crippen LogP contribution in [0.1, 0.15) is 60.9 Å². The fourth-order valence-electron chi connectivity index (χ4n) is 7.53. The molecule has 1 aromatic carbocycles. The van der Waals surface area contributed by atoms with Crippen molar-refractivity contribution in [2.24, 2.45) is 5.73 Å². The number of piperidine rings is 1. The fourth-order valence-corrected chi connectivity index (χ4v) is 7.80. The molecule has 0 saturated carbocycles. The summed E-state index contributed by atoms with van der Waals surface area (Å²) in [5.41, 5.74) is 10.1. The van der Waals surface area contributed by atoms with Gasteiger partial charge in [-0.15, -0.1) is 0 Å². The monoisotopic (exact) mass is 527 g/mol. The predicted octanol–water partition coefficient (Wildman–Crippen LogP) is 3.93. The van der Waals surface area contributed by atoms with Crippen molar-refractivity contribution >= 4 is 17.4 Å². The van der Waals surface area contributed by atoms with E-state index in [-0.39, 0.29) is 11.6 Å². The Morgan fingerprint density at radius 2 is 2.08 bits per heavy atom. The molecule has 5 aliphatic rings. The number of anilines is 1. The smallest absolute Gasteiger partial charge is 0.318 e. The molecule has 0 amide bonds. The fraction of sp³-hybridized carbons (Fsp3) is 0.643. The summed E-state index contributed by atoms with van der Waals surface area (Å²) in [5.74, 6) is 0.880. The topological polar surface area (TPSA) is 76.7 Å². The van der Waals surface area contributed by atoms with Crippen LogP contribution in [0.4, 0.5) is 10.2 Å². The van der Waals surface area contributed by atoms with Gasteiger partial charge in [0.15, 0.2) is 0 Å². The molecule has 7 nitrogen and oxygen atoms in total. The predicted molar refractivity (Wildman–Crippen MR) is 140 cm³/mol. The second kappa shape index (κ2) is 9.04. The third kappa shape index (κ3) is 4.03. The summed E-state index contributed by atoms with van der Waals surface area (Å²) < 4.78 is 27.3. The highest BCUT2D eigenvalue weighted by Gasteiger charge is 2.50. The van der Waals surface area contributed by atoms with Gasteiger partial charge in [0.05, 0.1) is 23.4 Å². The normalized spacial score (nSPS) is 33.0. The molecular weight excluding hydrogens is 493 g/mol. The highest BCUT2D eigenvalue weighted by Crippen LogP contribution is 2.49. The van der Waals surface area contributed by atoms with Crippen LogP contribution in [0.2, 0.25) is 5.02 Å². The lowest BCUT2D eigenvalue weighted by Crippen LogP contribution is -2.45. The molecule has 3 fully saturated rings. The minimum Gasteiger partial charge on any atom is -0.461 e. The second-order valence-electron chi connectivity index (χ2n) is 11.7. The summed E-state index contributed by atoms with van der Waals surface area (Å²) in [4.78, 5) is 14.4. The van der Waals surface area contributed by atoms with E-state index < -0.39 is 11.8 Å². The molecule has 7 rings (SSSR count). The second-order valence-corrected chi connectivity index (χ2v) is 12.1. The average Bonchev–Trinajstić information content (AvgIpc) is 3.53. The van der Waals surface area contributed by atoms with Crippen LogP contribution in [0.5, 0.6) is 6.01 Å². The lowest BCUT2D eigenvalue weighted by Gasteiger charge is -2.39. The summed E-state index contributed by atoms with van der Waals surface area (Å²) in [6, 6.07) is 6.61. The zero-order valence-electron chi connectivity index (χ0n) is 21.2. The van der Waals surface area contributed by atoms with Crippen molar-refractivity contribution in [2.45, 2.75) is 81.3 Å². The number of nitrogens with two attached hydrogens (primary N) is 1. The van der Waals surface area contributed by atoms with E-state index >= 15 is 0 Å². The van der Waals surface area contributed by atoms with Crippen molar-refractivity contribution in [1.29, 1.82) is 0 Å². The first-order valence-electron chi connectivity index (χ1n) is 13.8. The molecule has 2 aromatic rings. The molecule has 2 unspecified atom stereocenters. The van der Waals surface area contributed by atoms with E-state index in [1.165, 1.54) is 11.1 Å². The van der Waals surface area contributed by atoms with Gasteiger partial charge in [-0.05, 0) is 62.3 Å². The third-order valence-electron chi connectivity index (χ3n) is 9.37. The lowest BCUT2D eigenvalue weighted by atomic mass is 9.87. The Morgan fingerprint density at radius 1 is 1.16 bits per heavy atom. The number of hydrogen-bond acceptors (Lipinski definition) is 7. The number of aromatic nitrogens is 2. The maximum atomic E-state index is 14.3. The number of halogens is 2. The number of benzene rings is 1. The van der Waals surface area contributed by atoms with Crippen LogP contribution in [0.25, 0.3) is 0 Å². The van der Waals surface area contributed by atoms with Crippen molar-refractivity contribution in [2.75, 3.05) is 37.7 Å². The van der Waals surface area contributed by atoms with Crippen LogP contribution in [0, 0.1) is 0 Å². The molecule has 4 atom stereocenters. The SMILES string of the molecule is NC1CCCN(c2nc(OC[C@@]34CCCN3C[C@H](F)C4)nc3c2COC2(CCc4c(Cl)cccc42)C3)C1. The van der Waals surface area contributed by atoms with E-state index in [0.717, 1.165) is 80.3 Å². The standard InChI is InChI=1S/C28H35ClFN5O2/c29-23-6-1-5-22-20(23)7-9-28(22)13-24-21(16-37-28)25(34-10-2-4-19(31)15-34)33-26(32-24)36-17-27-8-3-11-35(27)14-18(30)12-27/h1,5-6,18-19H,2-4,7-17,31H2/t18-,19?,27+,28?/m1/s1. The van der Waals surface area contributed by atoms with Crippen molar-refractivity contribution in [3.05, 3.63) is 45.6 Å². The summed E-state index contributed by atoms with van der Waals surface area (Å²) in [5, 5.41) is 0.807. The number of rotatable bonds is 4. The summed E-state index contributed by atoms with van der Waals surface area (Å²) in [6.45, 7) is 3.98. The molecule has 9 heteroatoms. The van der Waals surface area contributed by atoms with Crippen LogP contribution in [0.15, 0.2) is 18.2 Å². The maximum absolute atomic E-state index is 14.3. The van der Waals surface area contributed by atoms with Crippen LogP contribution in [-0.4, -0.2) is 65.4 Å². The number of fused-ring (bicyclic) bond motifs is 4. The zero-order chi connectivity index (χ0) is 25.2. The van der Waals surface area contributed by atoms with Gasteiger partial charge >= 0.3 is 6.01 Å². The van der Waals surface area contributed by atoms with Gasteiger partial charge < -0.3 is 20.1 Å². The van der Waals surface area contributed by atoms with Crippen LogP contribution in [-0.2, 0) is 29.8 Å². The van der Waals surface area contributed by atoms with Crippen molar-refractivity contribution in [3.8, 4) is 6.01 Å². The summed E-state index contributed by atoms with van der Waals surface area (Å²) in [6.07, 6.45) is 6.27. The Balaban J connectivity index is 1.23. The van der Waals surface area contributed by atoms with E-state index in [0.29, 0.717) is 38.6 Å². The van der Waals surface area contributed by atoms with Crippen LogP contribution >= 0.6 is 11.6 Å². The van der Waals surface area contributed by atoms with E-state index in [1.807, 2.05) is 12.1 Å². The molecule has 37 heavy (non-hydrogen) atoms. The number of ether oxygens (including phenoxy) is 2. The Hall–Kier alpha value is -2.00. The molecule has 3 saturated heterocycles. The Morgan fingerprint density at radius 3 is 2.97 bits per heavy atom. The maximum Gasteiger partial charge on any atom is 0.318 e. The molecule has 0 bridgehead atoms. The Labute approximate surface area is 222 Å². The van der Waals surface area contributed by atoms with E-state index in [9.17, 15) is 4.39 Å². The van der Waals surface area contributed by atoms with Gasteiger partial charge in [0.2, 0.25) is 0 Å². The van der Waals surface area contributed by atoms with E-state index in [4.69, 9.17) is 36.8 Å². The molecule has 1 spiro atoms. The summed E-state index contributed by atoms with van der Waals surface area (Å²) >= 11 is 6.54. The van der Waals surface area contributed by atoms with Crippen LogP contribution < -0.4 is 15.4 Å². The molecular formula is C28H35ClFN5O2. The number of nitrogens with zero attached hydrogens (tertiary/aromatic N) is 4. The number of alkyl halides is 1.